The molecule has 2 aromatic heterocycles. The summed E-state index contributed by atoms with van der Waals surface area (Å²) in [4.78, 5) is 26.3. The van der Waals surface area contributed by atoms with Crippen molar-refractivity contribution in [1.29, 1.82) is 5.41 Å². The Bertz CT molecular complexity index is 1960. The van der Waals surface area contributed by atoms with Gasteiger partial charge < -0.3 is 16.0 Å². The minimum Gasteiger partial charge on any atom is -0.384 e. The first-order valence-corrected chi connectivity index (χ1v) is 15.6. The number of fused-ring (bicyclic) bond motifs is 1. The van der Waals surface area contributed by atoms with Crippen LogP contribution in [0.4, 0.5) is 5.82 Å². The van der Waals surface area contributed by atoms with E-state index in [1.54, 1.807) is 11.1 Å². The highest BCUT2D eigenvalue weighted by Crippen LogP contribution is 2.25. The summed E-state index contributed by atoms with van der Waals surface area (Å²) < 4.78 is 2.21. The summed E-state index contributed by atoms with van der Waals surface area (Å²) in [5, 5.41) is 7.67. The minimum atomic E-state index is -0.161. The Balaban J connectivity index is 1.34. The third kappa shape index (κ3) is 6.86. The van der Waals surface area contributed by atoms with E-state index in [1.807, 2.05) is 91.0 Å². The summed E-state index contributed by atoms with van der Waals surface area (Å²) in [5.74, 6) is 1.38. The minimum absolute atomic E-state index is 0.0515. The second-order valence-corrected chi connectivity index (χ2v) is 11.8. The van der Waals surface area contributed by atoms with Crippen LogP contribution in [0, 0.1) is 5.41 Å². The van der Waals surface area contributed by atoms with Gasteiger partial charge in [-0.15, -0.1) is 0 Å². The first-order chi connectivity index (χ1) is 22.4. The number of pyridine rings is 1. The van der Waals surface area contributed by atoms with Gasteiger partial charge in [-0.2, -0.15) is 0 Å². The number of nitrogens with two attached hydrogens (primary N) is 2. The van der Waals surface area contributed by atoms with Gasteiger partial charge in [0.25, 0.3) is 5.91 Å². The molecule has 0 spiro atoms. The molecule has 0 radical (unpaired) electrons. The number of rotatable bonds is 11. The number of carbonyl (C=O) groups is 1. The van der Waals surface area contributed by atoms with Crippen LogP contribution in [0.25, 0.3) is 11.0 Å². The van der Waals surface area contributed by atoms with E-state index in [1.165, 1.54) is 0 Å². The highest BCUT2D eigenvalue weighted by molar-refractivity contribution is 7.80. The van der Waals surface area contributed by atoms with Gasteiger partial charge in [0.2, 0.25) is 0 Å². The Morgan fingerprint density at radius 1 is 0.935 bits per heavy atom. The molecule has 1 aliphatic rings. The zero-order valence-corrected chi connectivity index (χ0v) is 26.2. The largest absolute Gasteiger partial charge is 0.384 e. The quantitative estimate of drug-likeness (QED) is 0.0930. The summed E-state index contributed by atoms with van der Waals surface area (Å²) in [5.41, 5.74) is 18.6. The second-order valence-electron chi connectivity index (χ2n) is 11.3. The van der Waals surface area contributed by atoms with Gasteiger partial charge in [-0.1, -0.05) is 85.0 Å². The van der Waals surface area contributed by atoms with Gasteiger partial charge in [0.05, 0.1) is 24.1 Å². The second kappa shape index (κ2) is 13.8. The van der Waals surface area contributed by atoms with Crippen molar-refractivity contribution in [3.05, 3.63) is 149 Å². The van der Waals surface area contributed by atoms with Gasteiger partial charge in [0.15, 0.2) is 0 Å². The normalized spacial score (nSPS) is 12.7. The number of anilines is 1. The van der Waals surface area contributed by atoms with E-state index in [4.69, 9.17) is 34.1 Å². The molecular formula is C37H35N7OS. The molecule has 0 aliphatic heterocycles. The van der Waals surface area contributed by atoms with E-state index < -0.39 is 0 Å². The van der Waals surface area contributed by atoms with Crippen molar-refractivity contribution < 1.29 is 4.79 Å². The molecule has 0 fully saturated rings. The fraction of sp³-hybridized carbons (Fsp3) is 0.162. The molecule has 1 aliphatic carbocycles. The molecule has 0 unspecified atom stereocenters. The van der Waals surface area contributed by atoms with Crippen LogP contribution >= 0.6 is 12.2 Å². The zero-order valence-electron chi connectivity index (χ0n) is 25.4. The number of nitrogen functional groups attached to an aromatic ring is 1. The summed E-state index contributed by atoms with van der Waals surface area (Å²) in [6.07, 6.45) is 10.1. The Morgan fingerprint density at radius 3 is 2.37 bits per heavy atom. The predicted molar refractivity (Wildman–Crippen MR) is 188 cm³/mol. The molecule has 0 atom stereocenters. The third-order valence-electron chi connectivity index (χ3n) is 8.17. The first kappa shape index (κ1) is 30.8. The van der Waals surface area contributed by atoms with E-state index in [-0.39, 0.29) is 11.7 Å². The number of hydrogen-bond acceptors (Lipinski definition) is 6. The van der Waals surface area contributed by atoms with Crippen molar-refractivity contribution in [2.75, 3.05) is 4.90 Å². The predicted octanol–water partition coefficient (Wildman–Crippen LogP) is 6.06. The average molecular weight is 626 g/mol. The summed E-state index contributed by atoms with van der Waals surface area (Å²) >= 11 is 5.70. The first-order valence-electron chi connectivity index (χ1n) is 15.2. The summed E-state index contributed by atoms with van der Waals surface area (Å²) in [6.45, 7) is 1.42. The number of allylic oxidation sites excluding steroid dienone is 4. The number of hydrogen-bond donors (Lipinski definition) is 3. The van der Waals surface area contributed by atoms with Crippen LogP contribution in [0.3, 0.4) is 0 Å². The number of carbonyl (C=O) groups excluding carboxylic acids is 1. The van der Waals surface area contributed by atoms with Crippen LogP contribution in [0.5, 0.6) is 0 Å². The van der Waals surface area contributed by atoms with E-state index in [9.17, 15) is 4.79 Å². The van der Waals surface area contributed by atoms with Crippen LogP contribution < -0.4 is 16.4 Å². The Labute approximate surface area is 273 Å². The number of benzene rings is 3. The number of nitrogens with zero attached hydrogens (tertiary/aromatic N) is 4. The van der Waals surface area contributed by atoms with Gasteiger partial charge in [-0.25, -0.2) is 9.97 Å². The summed E-state index contributed by atoms with van der Waals surface area (Å²) in [6, 6.07) is 27.0. The van der Waals surface area contributed by atoms with Gasteiger partial charge in [0, 0.05) is 41.6 Å². The smallest absolute Gasteiger partial charge is 0.259 e. The van der Waals surface area contributed by atoms with Crippen molar-refractivity contribution in [2.45, 2.75) is 38.9 Å². The van der Waals surface area contributed by atoms with Crippen LogP contribution in [-0.4, -0.2) is 31.1 Å². The fourth-order valence-electron chi connectivity index (χ4n) is 5.57. The molecular weight excluding hydrogens is 591 g/mol. The Hall–Kier alpha value is -5.25. The van der Waals surface area contributed by atoms with Gasteiger partial charge >= 0.3 is 0 Å². The van der Waals surface area contributed by atoms with Crippen molar-refractivity contribution >= 4 is 45.7 Å². The van der Waals surface area contributed by atoms with E-state index in [0.717, 1.165) is 56.8 Å². The van der Waals surface area contributed by atoms with Crippen molar-refractivity contribution in [2.24, 2.45) is 11.5 Å². The maximum Gasteiger partial charge on any atom is 0.259 e. The van der Waals surface area contributed by atoms with Crippen molar-refractivity contribution in [3.8, 4) is 0 Å². The molecule has 5 N–H and O–H groups in total. The molecule has 0 bridgehead atoms. The lowest BCUT2D eigenvalue weighted by atomic mass is 10.0. The molecule has 6 rings (SSSR count). The molecule has 0 saturated heterocycles. The fourth-order valence-corrected chi connectivity index (χ4v) is 5.80. The van der Waals surface area contributed by atoms with Gasteiger partial charge in [-0.05, 0) is 59.0 Å². The molecule has 46 heavy (non-hydrogen) atoms. The summed E-state index contributed by atoms with van der Waals surface area (Å²) in [7, 11) is 0. The maximum absolute atomic E-state index is 14.1. The van der Waals surface area contributed by atoms with Crippen LogP contribution in [0.15, 0.2) is 115 Å². The van der Waals surface area contributed by atoms with E-state index in [2.05, 4.69) is 21.7 Å². The molecule has 230 valence electrons. The lowest BCUT2D eigenvalue weighted by Crippen LogP contribution is -2.31. The van der Waals surface area contributed by atoms with Gasteiger partial charge in [-0.3, -0.25) is 15.1 Å². The van der Waals surface area contributed by atoms with Gasteiger partial charge in [0.1, 0.15) is 17.5 Å². The number of aromatic nitrogens is 3. The number of thiocarbonyl (C=S) groups is 1. The standard InChI is InChI=1S/C37H35N7OS/c38-22-26-8-10-27(11-9-26)23-44(34-7-3-4-20-41-34)37(45)29-17-18-32-31(21-29)42-35(43(32)24-30-5-1-2-6-33(30)46)19-14-25-12-15-28(16-13-25)36(39)40/h1-5,7-13,15-18,20-21H,6,14,19,22-24,38H2,(H3,39,40). The lowest BCUT2D eigenvalue weighted by Gasteiger charge is -2.22. The molecule has 8 nitrogen and oxygen atoms in total. The Morgan fingerprint density at radius 2 is 1.67 bits per heavy atom. The number of aryl methyl sites for hydroxylation is 2. The average Bonchev–Trinajstić information content (AvgIpc) is 3.44. The van der Waals surface area contributed by atoms with Crippen LogP contribution in [0.2, 0.25) is 0 Å². The lowest BCUT2D eigenvalue weighted by molar-refractivity contribution is 0.0984. The number of nitrogens with one attached hydrogen (secondary N) is 1. The number of amides is 1. The maximum atomic E-state index is 14.1. The highest BCUT2D eigenvalue weighted by atomic mass is 32.1. The highest BCUT2D eigenvalue weighted by Gasteiger charge is 2.22. The van der Waals surface area contributed by atoms with E-state index >= 15 is 0 Å². The molecule has 2 heterocycles. The number of amidine groups is 1. The Kier molecular flexibility index (Phi) is 9.23. The molecule has 0 saturated carbocycles. The van der Waals surface area contributed by atoms with E-state index in [0.29, 0.717) is 43.0 Å². The monoisotopic (exact) mass is 625 g/mol. The van der Waals surface area contributed by atoms with Crippen molar-refractivity contribution in [1.82, 2.24) is 14.5 Å². The SMILES string of the molecule is N=C(N)c1ccc(CCc2nc3cc(C(=O)N(Cc4ccc(CN)cc4)c4ccccn4)ccc3n2CC2=CC=CCC2=S)cc1. The molecule has 9 heteroatoms. The van der Waals surface area contributed by atoms with Crippen LogP contribution in [-0.2, 0) is 32.5 Å². The number of imidazole rings is 1. The topological polar surface area (TPSA) is 127 Å². The third-order valence-corrected chi connectivity index (χ3v) is 8.60. The zero-order chi connectivity index (χ0) is 32.0. The molecule has 5 aromatic rings. The molecule has 1 amide bonds. The van der Waals surface area contributed by atoms with Crippen molar-refractivity contribution in [3.63, 3.8) is 0 Å². The molecule has 3 aromatic carbocycles. The van der Waals surface area contributed by atoms with Crippen LogP contribution in [0.1, 0.15) is 44.9 Å².